The maximum Gasteiger partial charge on any atom is 0.225 e. The average molecular weight is 483 g/mol. The summed E-state index contributed by atoms with van der Waals surface area (Å²) in [6.07, 6.45) is 0.512. The zero-order valence-electron chi connectivity index (χ0n) is 15.3. The first-order chi connectivity index (χ1) is 13.4. The molecule has 0 aliphatic carbocycles. The summed E-state index contributed by atoms with van der Waals surface area (Å²) in [5.41, 5.74) is 2.63. The van der Waals surface area contributed by atoms with Gasteiger partial charge >= 0.3 is 0 Å². The summed E-state index contributed by atoms with van der Waals surface area (Å²) in [5, 5.41) is 9.84. The monoisotopic (exact) mass is 481 g/mol. The van der Waals surface area contributed by atoms with Crippen molar-refractivity contribution in [3.05, 3.63) is 63.1 Å². The summed E-state index contributed by atoms with van der Waals surface area (Å²) < 4.78 is 0.996. The number of thioether (sulfide) groups is 1. The van der Waals surface area contributed by atoms with Gasteiger partial charge < -0.3 is 10.6 Å². The van der Waals surface area contributed by atoms with Crippen LogP contribution in [-0.2, 0) is 15.3 Å². The van der Waals surface area contributed by atoms with Crippen molar-refractivity contribution in [2.75, 3.05) is 5.32 Å². The van der Waals surface area contributed by atoms with Crippen LogP contribution in [0.2, 0.25) is 5.02 Å². The van der Waals surface area contributed by atoms with E-state index in [0.717, 1.165) is 21.3 Å². The number of hydrogen-bond donors (Lipinski definition) is 3. The molecule has 0 aromatic heterocycles. The Morgan fingerprint density at radius 1 is 1.32 bits per heavy atom. The van der Waals surface area contributed by atoms with Crippen LogP contribution in [-0.4, -0.2) is 23.4 Å². The highest BCUT2D eigenvalue weighted by Gasteiger charge is 2.27. The lowest BCUT2D eigenvalue weighted by molar-refractivity contribution is -0.124. The Morgan fingerprint density at radius 2 is 2.14 bits per heavy atom. The van der Waals surface area contributed by atoms with Crippen molar-refractivity contribution in [2.24, 2.45) is 0 Å². The molecule has 8 heteroatoms. The highest BCUT2D eigenvalue weighted by molar-refractivity contribution is 9.10. The molecule has 2 atom stereocenters. The van der Waals surface area contributed by atoms with Crippen LogP contribution in [0, 0.1) is 6.92 Å². The molecule has 0 radical (unpaired) electrons. The van der Waals surface area contributed by atoms with E-state index in [9.17, 15) is 9.59 Å². The van der Waals surface area contributed by atoms with Crippen molar-refractivity contribution in [3.8, 4) is 0 Å². The van der Waals surface area contributed by atoms with E-state index in [1.54, 1.807) is 11.8 Å². The molecule has 1 aliphatic rings. The molecule has 1 fully saturated rings. The van der Waals surface area contributed by atoms with Gasteiger partial charge in [-0.3, -0.25) is 14.9 Å². The summed E-state index contributed by atoms with van der Waals surface area (Å²) in [7, 11) is 0. The first-order valence-corrected chi connectivity index (χ1v) is 11.1. The zero-order valence-corrected chi connectivity index (χ0v) is 18.5. The molecular formula is C20H21BrClN3O2S. The third-order valence-corrected chi connectivity index (χ3v) is 6.50. The molecule has 0 bridgehead atoms. The van der Waals surface area contributed by atoms with Gasteiger partial charge in [-0.1, -0.05) is 39.7 Å². The van der Waals surface area contributed by atoms with Crippen LogP contribution in [0.3, 0.4) is 0 Å². The second kappa shape index (κ2) is 9.78. The van der Waals surface area contributed by atoms with Crippen molar-refractivity contribution in [1.82, 2.24) is 10.6 Å². The number of aryl methyl sites for hydroxylation is 1. The molecule has 148 valence electrons. The minimum Gasteiger partial charge on any atom is -0.332 e. The first kappa shape index (κ1) is 21.2. The lowest BCUT2D eigenvalue weighted by atomic mass is 10.1. The van der Waals surface area contributed by atoms with Gasteiger partial charge in [0.2, 0.25) is 11.8 Å². The summed E-state index contributed by atoms with van der Waals surface area (Å²) >= 11 is 11.0. The van der Waals surface area contributed by atoms with E-state index < -0.39 is 0 Å². The standard InChI is InChI=1S/C20H21BrClN3O2S/c1-12-7-15(5-6-17(12)21)23-18(26)9-16-10-19(27)25-20(24-16)28-11-13-3-2-4-14(22)8-13/h2-8,16,20,24H,9-11H2,1H3,(H,23,26)(H,25,27). The number of carbonyl (C=O) groups is 2. The van der Waals surface area contributed by atoms with E-state index in [2.05, 4.69) is 31.9 Å². The number of benzene rings is 2. The lowest BCUT2D eigenvalue weighted by Gasteiger charge is -2.31. The van der Waals surface area contributed by atoms with Crippen LogP contribution >= 0.6 is 39.3 Å². The molecule has 2 aromatic rings. The van der Waals surface area contributed by atoms with Crippen molar-refractivity contribution in [3.63, 3.8) is 0 Å². The minimum atomic E-state index is -0.243. The SMILES string of the molecule is Cc1cc(NC(=O)CC2CC(=O)NC(SCc3cccc(Cl)c3)N2)ccc1Br. The Morgan fingerprint density at radius 3 is 2.89 bits per heavy atom. The van der Waals surface area contributed by atoms with Gasteiger partial charge in [-0.15, -0.1) is 11.8 Å². The topological polar surface area (TPSA) is 70.2 Å². The molecule has 3 N–H and O–H groups in total. The van der Waals surface area contributed by atoms with E-state index in [0.29, 0.717) is 10.8 Å². The molecule has 0 spiro atoms. The highest BCUT2D eigenvalue weighted by Crippen LogP contribution is 2.22. The molecule has 0 saturated carbocycles. The van der Waals surface area contributed by atoms with E-state index in [1.165, 1.54) is 0 Å². The van der Waals surface area contributed by atoms with E-state index in [-0.39, 0.29) is 36.2 Å². The van der Waals surface area contributed by atoms with E-state index >= 15 is 0 Å². The molecule has 3 rings (SSSR count). The molecule has 1 aliphatic heterocycles. The average Bonchev–Trinajstić information content (AvgIpc) is 2.63. The highest BCUT2D eigenvalue weighted by atomic mass is 79.9. The Labute approximate surface area is 182 Å². The summed E-state index contributed by atoms with van der Waals surface area (Å²) in [5.74, 6) is 0.530. The number of halogens is 2. The second-order valence-electron chi connectivity index (χ2n) is 6.67. The fraction of sp³-hybridized carbons (Fsp3) is 0.300. The van der Waals surface area contributed by atoms with Crippen LogP contribution in [0.25, 0.3) is 0 Å². The number of rotatable bonds is 6. The molecule has 1 saturated heterocycles. The second-order valence-corrected chi connectivity index (χ2v) is 9.06. The number of anilines is 1. The Kier molecular flexibility index (Phi) is 7.40. The smallest absolute Gasteiger partial charge is 0.225 e. The third-order valence-electron chi connectivity index (χ3n) is 4.29. The molecular weight excluding hydrogens is 462 g/mol. The predicted octanol–water partition coefficient (Wildman–Crippen LogP) is 4.43. The van der Waals surface area contributed by atoms with Crippen molar-refractivity contribution in [2.45, 2.75) is 37.1 Å². The molecule has 28 heavy (non-hydrogen) atoms. The molecule has 2 unspecified atom stereocenters. The number of nitrogens with one attached hydrogen (secondary N) is 3. The predicted molar refractivity (Wildman–Crippen MR) is 118 cm³/mol. The van der Waals surface area contributed by atoms with Gasteiger partial charge in [0.15, 0.2) is 0 Å². The third kappa shape index (κ3) is 6.24. The number of hydrogen-bond acceptors (Lipinski definition) is 4. The van der Waals surface area contributed by atoms with Gasteiger partial charge in [0.1, 0.15) is 5.50 Å². The van der Waals surface area contributed by atoms with Gasteiger partial charge in [0, 0.05) is 39.8 Å². The van der Waals surface area contributed by atoms with Crippen LogP contribution in [0.1, 0.15) is 24.0 Å². The fourth-order valence-electron chi connectivity index (χ4n) is 2.93. The van der Waals surface area contributed by atoms with E-state index in [1.807, 2.05) is 49.4 Å². The molecule has 1 heterocycles. The zero-order chi connectivity index (χ0) is 20.1. The van der Waals surface area contributed by atoms with Gasteiger partial charge in [-0.2, -0.15) is 0 Å². The first-order valence-electron chi connectivity index (χ1n) is 8.86. The van der Waals surface area contributed by atoms with Crippen molar-refractivity contribution >= 4 is 56.8 Å². The molecule has 2 amide bonds. The maximum atomic E-state index is 12.4. The van der Waals surface area contributed by atoms with Crippen molar-refractivity contribution < 1.29 is 9.59 Å². The summed E-state index contributed by atoms with van der Waals surface area (Å²) in [6, 6.07) is 13.1. The largest absolute Gasteiger partial charge is 0.332 e. The Balaban J connectivity index is 1.52. The van der Waals surface area contributed by atoms with Crippen molar-refractivity contribution in [1.29, 1.82) is 0 Å². The van der Waals surface area contributed by atoms with Crippen LogP contribution in [0.15, 0.2) is 46.9 Å². The van der Waals surface area contributed by atoms with Crippen LogP contribution in [0.4, 0.5) is 5.69 Å². The number of amides is 2. The van der Waals surface area contributed by atoms with Gasteiger partial charge in [0.25, 0.3) is 0 Å². The van der Waals surface area contributed by atoms with Gasteiger partial charge in [-0.25, -0.2) is 0 Å². The maximum absolute atomic E-state index is 12.4. The summed E-state index contributed by atoms with van der Waals surface area (Å²) in [6.45, 7) is 1.97. The quantitative estimate of drug-likeness (QED) is 0.569. The minimum absolute atomic E-state index is 0.0559. The Bertz CT molecular complexity index is 880. The molecule has 5 nitrogen and oxygen atoms in total. The normalized spacial score (nSPS) is 19.2. The fourth-order valence-corrected chi connectivity index (χ4v) is 4.43. The van der Waals surface area contributed by atoms with Gasteiger partial charge in [-0.05, 0) is 48.4 Å². The lowest BCUT2D eigenvalue weighted by Crippen LogP contribution is -2.55. The Hall–Kier alpha value is -1.54. The van der Waals surface area contributed by atoms with Crippen LogP contribution in [0.5, 0.6) is 0 Å². The van der Waals surface area contributed by atoms with E-state index in [4.69, 9.17) is 11.6 Å². The van der Waals surface area contributed by atoms with Crippen LogP contribution < -0.4 is 16.0 Å². The van der Waals surface area contributed by atoms with Gasteiger partial charge in [0.05, 0.1) is 0 Å². The number of carbonyl (C=O) groups excluding carboxylic acids is 2. The summed E-state index contributed by atoms with van der Waals surface area (Å²) in [4.78, 5) is 24.4. The molecule has 2 aromatic carbocycles.